The van der Waals surface area contributed by atoms with Crippen LogP contribution in [0.1, 0.15) is 13.3 Å². The van der Waals surface area contributed by atoms with Crippen LogP contribution in [-0.4, -0.2) is 5.97 Å². The highest BCUT2D eigenvalue weighted by Gasteiger charge is 2.13. The first-order valence-electron chi connectivity index (χ1n) is 6.23. The molecule has 2 rings (SSSR count). The molecule has 0 aliphatic heterocycles. The number of rotatable bonds is 4. The maximum Gasteiger partial charge on any atom is 0.311 e. The largest absolute Gasteiger partial charge is 0.452 e. The molecule has 0 saturated carbocycles. The molecular weight excluding hydrogens is 297 g/mol. The number of carbonyl (C=O) groups excluding carboxylic acids is 1. The lowest BCUT2D eigenvalue weighted by atomic mass is 10.3. The fourth-order valence-electron chi connectivity index (χ4n) is 1.56. The molecule has 0 amide bonds. The molecule has 4 nitrogen and oxygen atoms in total. The third-order valence-electron chi connectivity index (χ3n) is 2.63. The van der Waals surface area contributed by atoms with Gasteiger partial charge >= 0.3 is 5.97 Å². The van der Waals surface area contributed by atoms with Gasteiger partial charge in [0.25, 0.3) is 0 Å². The molecular formula is C15H13ClFNO3. The van der Waals surface area contributed by atoms with Gasteiger partial charge in [-0.05, 0) is 18.2 Å². The highest BCUT2D eigenvalue weighted by Crippen LogP contribution is 2.36. The maximum absolute atomic E-state index is 13.3. The van der Waals surface area contributed by atoms with Crippen molar-refractivity contribution in [3.05, 3.63) is 47.2 Å². The summed E-state index contributed by atoms with van der Waals surface area (Å²) in [6.45, 7) is 1.68. The summed E-state index contributed by atoms with van der Waals surface area (Å²) in [5.74, 6) is -0.306. The van der Waals surface area contributed by atoms with E-state index in [1.807, 2.05) is 0 Å². The van der Waals surface area contributed by atoms with Gasteiger partial charge in [0.15, 0.2) is 11.5 Å². The maximum atomic E-state index is 13.3. The van der Waals surface area contributed by atoms with Crippen molar-refractivity contribution in [3.63, 3.8) is 0 Å². The number of benzene rings is 2. The van der Waals surface area contributed by atoms with Gasteiger partial charge in [0, 0.05) is 12.5 Å². The number of nitrogens with two attached hydrogens (primary N) is 1. The molecule has 2 aromatic carbocycles. The molecule has 0 atom stereocenters. The summed E-state index contributed by atoms with van der Waals surface area (Å²) in [5.41, 5.74) is 5.40. The van der Waals surface area contributed by atoms with E-state index in [9.17, 15) is 9.18 Å². The van der Waals surface area contributed by atoms with Crippen LogP contribution in [0.2, 0.25) is 5.02 Å². The average molecular weight is 310 g/mol. The van der Waals surface area contributed by atoms with E-state index in [0.717, 1.165) is 6.07 Å². The van der Waals surface area contributed by atoms with E-state index >= 15 is 0 Å². The highest BCUT2D eigenvalue weighted by molar-refractivity contribution is 6.32. The minimum Gasteiger partial charge on any atom is -0.452 e. The highest BCUT2D eigenvalue weighted by atomic mass is 35.5. The Morgan fingerprint density at radius 2 is 1.90 bits per heavy atom. The lowest BCUT2D eigenvalue weighted by molar-refractivity contribution is -0.134. The lowest BCUT2D eigenvalue weighted by Gasteiger charge is -2.12. The fourth-order valence-corrected chi connectivity index (χ4v) is 1.74. The smallest absolute Gasteiger partial charge is 0.311 e. The Balaban J connectivity index is 2.32. The Kier molecular flexibility index (Phi) is 4.65. The predicted octanol–water partition coefficient (Wildman–Crippen LogP) is 4.17. The number of carbonyl (C=O) groups is 1. The molecule has 0 bridgehead atoms. The lowest BCUT2D eigenvalue weighted by Crippen LogP contribution is -2.06. The van der Waals surface area contributed by atoms with Crippen molar-refractivity contribution in [2.45, 2.75) is 13.3 Å². The second-order valence-corrected chi connectivity index (χ2v) is 4.59. The Morgan fingerprint density at radius 1 is 1.24 bits per heavy atom. The van der Waals surface area contributed by atoms with Gasteiger partial charge in [0.05, 0.1) is 10.7 Å². The van der Waals surface area contributed by atoms with E-state index in [4.69, 9.17) is 26.8 Å². The number of nitrogen functional groups attached to an aromatic ring is 1. The molecule has 0 aliphatic rings. The summed E-state index contributed by atoms with van der Waals surface area (Å²) in [6.07, 6.45) is 0.235. The monoisotopic (exact) mass is 309 g/mol. The first kappa shape index (κ1) is 15.1. The molecule has 0 radical (unpaired) electrons. The zero-order chi connectivity index (χ0) is 15.4. The Bertz CT molecular complexity index is 676. The van der Waals surface area contributed by atoms with E-state index in [1.54, 1.807) is 31.2 Å². The quantitative estimate of drug-likeness (QED) is 0.523. The first-order valence-corrected chi connectivity index (χ1v) is 6.61. The van der Waals surface area contributed by atoms with Crippen molar-refractivity contribution in [2.24, 2.45) is 0 Å². The Hall–Kier alpha value is -2.27. The normalized spacial score (nSPS) is 10.2. The molecule has 2 N–H and O–H groups in total. The van der Waals surface area contributed by atoms with Crippen LogP contribution in [-0.2, 0) is 4.79 Å². The molecule has 0 spiro atoms. The molecule has 0 unspecified atom stereocenters. The van der Waals surface area contributed by atoms with E-state index < -0.39 is 11.8 Å². The zero-order valence-corrected chi connectivity index (χ0v) is 12.0. The molecule has 110 valence electrons. The third-order valence-corrected chi connectivity index (χ3v) is 2.93. The standard InChI is InChI=1S/C15H13ClFNO3/c1-2-15(19)21-13-6-4-3-5-12(13)20-14-8-11(18)10(17)7-9(14)16/h3-8H,2,18H2,1H3. The molecule has 0 saturated heterocycles. The van der Waals surface area contributed by atoms with E-state index in [0.29, 0.717) is 0 Å². The van der Waals surface area contributed by atoms with Crippen LogP contribution >= 0.6 is 11.6 Å². The van der Waals surface area contributed by atoms with Gasteiger partial charge in [-0.2, -0.15) is 0 Å². The number of ether oxygens (including phenoxy) is 2. The van der Waals surface area contributed by atoms with Crippen LogP contribution in [0.25, 0.3) is 0 Å². The van der Waals surface area contributed by atoms with Crippen molar-refractivity contribution >= 4 is 23.3 Å². The second-order valence-electron chi connectivity index (χ2n) is 4.18. The summed E-state index contributed by atoms with van der Waals surface area (Å²) in [7, 11) is 0. The topological polar surface area (TPSA) is 61.5 Å². The molecule has 0 fully saturated rings. The molecule has 0 heterocycles. The van der Waals surface area contributed by atoms with Gasteiger partial charge in [-0.3, -0.25) is 4.79 Å². The van der Waals surface area contributed by atoms with Crippen LogP contribution in [0.15, 0.2) is 36.4 Å². The molecule has 21 heavy (non-hydrogen) atoms. The molecule has 6 heteroatoms. The fraction of sp³-hybridized carbons (Fsp3) is 0.133. The van der Waals surface area contributed by atoms with Crippen LogP contribution < -0.4 is 15.2 Å². The summed E-state index contributed by atoms with van der Waals surface area (Å²) in [6, 6.07) is 8.94. The van der Waals surface area contributed by atoms with Gasteiger partial charge in [0.1, 0.15) is 11.6 Å². The minimum atomic E-state index is -0.627. The van der Waals surface area contributed by atoms with Gasteiger partial charge in [-0.25, -0.2) is 4.39 Å². The van der Waals surface area contributed by atoms with Crippen LogP contribution in [0.4, 0.5) is 10.1 Å². The van der Waals surface area contributed by atoms with Crippen LogP contribution in [0.3, 0.4) is 0 Å². The second kappa shape index (κ2) is 6.45. The van der Waals surface area contributed by atoms with Crippen LogP contribution in [0, 0.1) is 5.82 Å². The minimum absolute atomic E-state index is 0.0679. The first-order chi connectivity index (χ1) is 10.0. The van der Waals surface area contributed by atoms with Crippen molar-refractivity contribution in [1.82, 2.24) is 0 Å². The number of esters is 1. The number of halogens is 2. The number of hydrogen-bond acceptors (Lipinski definition) is 4. The van der Waals surface area contributed by atoms with Crippen molar-refractivity contribution in [1.29, 1.82) is 0 Å². The van der Waals surface area contributed by atoms with Crippen molar-refractivity contribution < 1.29 is 18.7 Å². The number of para-hydroxylation sites is 2. The SMILES string of the molecule is CCC(=O)Oc1ccccc1Oc1cc(N)c(F)cc1Cl. The van der Waals surface area contributed by atoms with Gasteiger partial charge in [-0.15, -0.1) is 0 Å². The average Bonchev–Trinajstić information content (AvgIpc) is 2.46. The predicted molar refractivity (Wildman–Crippen MR) is 78.3 cm³/mol. The van der Waals surface area contributed by atoms with Gasteiger partial charge < -0.3 is 15.2 Å². The third kappa shape index (κ3) is 3.64. The van der Waals surface area contributed by atoms with Gasteiger partial charge in [-0.1, -0.05) is 30.7 Å². The summed E-state index contributed by atoms with van der Waals surface area (Å²) < 4.78 is 24.0. The van der Waals surface area contributed by atoms with E-state index in [-0.39, 0.29) is 34.4 Å². The summed E-state index contributed by atoms with van der Waals surface area (Å²) >= 11 is 5.91. The Morgan fingerprint density at radius 3 is 2.57 bits per heavy atom. The van der Waals surface area contributed by atoms with Crippen LogP contribution in [0.5, 0.6) is 17.2 Å². The number of anilines is 1. The molecule has 2 aromatic rings. The van der Waals surface area contributed by atoms with E-state index in [2.05, 4.69) is 0 Å². The summed E-state index contributed by atoms with van der Waals surface area (Å²) in [5, 5.41) is 0.0679. The molecule has 0 aromatic heterocycles. The molecule has 0 aliphatic carbocycles. The van der Waals surface area contributed by atoms with Gasteiger partial charge in [0.2, 0.25) is 0 Å². The van der Waals surface area contributed by atoms with Crippen molar-refractivity contribution in [3.8, 4) is 17.2 Å². The number of hydrogen-bond donors (Lipinski definition) is 1. The summed E-state index contributed by atoms with van der Waals surface area (Å²) in [4.78, 5) is 11.4. The van der Waals surface area contributed by atoms with E-state index in [1.165, 1.54) is 6.07 Å². The van der Waals surface area contributed by atoms with Crippen molar-refractivity contribution in [2.75, 3.05) is 5.73 Å². The zero-order valence-electron chi connectivity index (χ0n) is 11.2. The Labute approximate surface area is 126 Å².